The molecule has 0 fully saturated rings. The fraction of sp³-hybridized carbons (Fsp3) is 0.500. The monoisotopic (exact) mass is 224 g/mol. The second-order valence-electron chi connectivity index (χ2n) is 3.61. The number of aliphatic hydroxyl groups excluding tert-OH is 1. The highest BCUT2D eigenvalue weighted by molar-refractivity contribution is 7.98. The van der Waals surface area contributed by atoms with Crippen LogP contribution in [0.1, 0.15) is 30.6 Å². The Morgan fingerprint density at radius 1 is 1.53 bits per heavy atom. The Labute approximate surface area is 94.6 Å². The van der Waals surface area contributed by atoms with Crippen LogP contribution in [0.25, 0.3) is 0 Å². The summed E-state index contributed by atoms with van der Waals surface area (Å²) in [5, 5.41) is 9.97. The van der Waals surface area contributed by atoms with Crippen molar-refractivity contribution in [2.45, 2.75) is 25.2 Å². The van der Waals surface area contributed by atoms with Crippen LogP contribution in [0.3, 0.4) is 0 Å². The van der Waals surface area contributed by atoms with Crippen LogP contribution in [0, 0.1) is 0 Å². The summed E-state index contributed by atoms with van der Waals surface area (Å²) in [5.74, 6) is 2.90. The summed E-state index contributed by atoms with van der Waals surface area (Å²) in [5.41, 5.74) is 2.22. The van der Waals surface area contributed by atoms with Gasteiger partial charge in [-0.15, -0.1) is 0 Å². The lowest BCUT2D eigenvalue weighted by Gasteiger charge is -2.14. The first-order chi connectivity index (χ1) is 7.33. The summed E-state index contributed by atoms with van der Waals surface area (Å²) >= 11 is 1.86. The molecule has 0 unspecified atom stereocenters. The summed E-state index contributed by atoms with van der Waals surface area (Å²) in [4.78, 5) is 0. The van der Waals surface area contributed by atoms with Crippen molar-refractivity contribution in [1.29, 1.82) is 0 Å². The minimum Gasteiger partial charge on any atom is -0.494 e. The van der Waals surface area contributed by atoms with E-state index >= 15 is 0 Å². The average molecular weight is 224 g/mol. The summed E-state index contributed by atoms with van der Waals surface area (Å²) in [6, 6.07) is 5.96. The van der Waals surface area contributed by atoms with Crippen LogP contribution < -0.4 is 4.74 Å². The molecule has 0 radical (unpaired) electrons. The minimum absolute atomic E-state index is 0.324. The van der Waals surface area contributed by atoms with Gasteiger partial charge in [0.2, 0.25) is 0 Å². The van der Waals surface area contributed by atoms with Crippen LogP contribution in [-0.2, 0) is 5.75 Å². The third-order valence-electron chi connectivity index (χ3n) is 2.61. The number of rotatable bonds is 2. The molecule has 1 aromatic carbocycles. The van der Waals surface area contributed by atoms with Crippen LogP contribution in [0.15, 0.2) is 18.2 Å². The van der Waals surface area contributed by atoms with Gasteiger partial charge in [0.25, 0.3) is 0 Å². The van der Waals surface area contributed by atoms with Crippen molar-refractivity contribution in [2.75, 3.05) is 12.4 Å². The van der Waals surface area contributed by atoms with E-state index in [-0.39, 0.29) is 6.10 Å². The van der Waals surface area contributed by atoms with E-state index in [0.29, 0.717) is 6.61 Å². The Morgan fingerprint density at radius 3 is 3.20 bits per heavy atom. The highest BCUT2D eigenvalue weighted by Crippen LogP contribution is 2.35. The van der Waals surface area contributed by atoms with Crippen molar-refractivity contribution >= 4 is 11.8 Å². The Morgan fingerprint density at radius 2 is 2.40 bits per heavy atom. The Hall–Kier alpha value is -0.670. The summed E-state index contributed by atoms with van der Waals surface area (Å²) in [6.07, 6.45) is 0.517. The first-order valence-electron chi connectivity index (χ1n) is 5.33. The quantitative estimate of drug-likeness (QED) is 0.837. The number of benzene rings is 1. The van der Waals surface area contributed by atoms with Crippen LogP contribution in [0.2, 0.25) is 0 Å². The van der Waals surface area contributed by atoms with Crippen molar-refractivity contribution in [2.24, 2.45) is 0 Å². The van der Waals surface area contributed by atoms with Crippen molar-refractivity contribution in [3.05, 3.63) is 29.3 Å². The van der Waals surface area contributed by atoms with E-state index in [1.54, 1.807) is 0 Å². The maximum Gasteiger partial charge on any atom is 0.123 e. The summed E-state index contributed by atoms with van der Waals surface area (Å²) < 4.78 is 5.58. The maximum atomic E-state index is 9.97. The molecule has 15 heavy (non-hydrogen) atoms. The lowest BCUT2D eigenvalue weighted by atomic mass is 10.0. The van der Waals surface area contributed by atoms with Crippen LogP contribution in [0.5, 0.6) is 5.75 Å². The normalized spacial score (nSPS) is 20.5. The van der Waals surface area contributed by atoms with E-state index in [4.69, 9.17) is 4.74 Å². The molecule has 82 valence electrons. The highest BCUT2D eigenvalue weighted by Gasteiger charge is 2.19. The number of ether oxygens (including phenoxy) is 1. The maximum absolute atomic E-state index is 9.97. The predicted molar refractivity (Wildman–Crippen MR) is 63.3 cm³/mol. The van der Waals surface area contributed by atoms with E-state index in [1.165, 1.54) is 5.56 Å². The molecule has 0 aliphatic carbocycles. The van der Waals surface area contributed by atoms with Gasteiger partial charge >= 0.3 is 0 Å². The van der Waals surface area contributed by atoms with Gasteiger partial charge in [-0.25, -0.2) is 0 Å². The number of thioether (sulfide) groups is 1. The molecule has 0 saturated heterocycles. The number of aliphatic hydroxyl groups is 1. The van der Waals surface area contributed by atoms with Gasteiger partial charge in [-0.3, -0.25) is 0 Å². The van der Waals surface area contributed by atoms with Gasteiger partial charge in [0.1, 0.15) is 5.75 Å². The largest absolute Gasteiger partial charge is 0.494 e. The van der Waals surface area contributed by atoms with Crippen molar-refractivity contribution in [3.8, 4) is 5.75 Å². The molecule has 1 heterocycles. The van der Waals surface area contributed by atoms with Gasteiger partial charge in [0.05, 0.1) is 12.7 Å². The Balaban J connectivity index is 2.39. The van der Waals surface area contributed by atoms with Crippen LogP contribution in [0.4, 0.5) is 0 Å². The molecule has 0 amide bonds. The van der Waals surface area contributed by atoms with E-state index in [1.807, 2.05) is 36.9 Å². The molecular weight excluding hydrogens is 208 g/mol. The second kappa shape index (κ2) is 4.90. The van der Waals surface area contributed by atoms with Crippen LogP contribution >= 0.6 is 11.8 Å². The molecule has 1 atom stereocenters. The molecule has 0 bridgehead atoms. The minimum atomic E-state index is -0.324. The van der Waals surface area contributed by atoms with Crippen LogP contribution in [-0.4, -0.2) is 17.5 Å². The average Bonchev–Trinajstić information content (AvgIpc) is 2.43. The molecule has 2 nitrogen and oxygen atoms in total. The second-order valence-corrected chi connectivity index (χ2v) is 4.72. The molecule has 2 rings (SSSR count). The SMILES string of the molecule is CCOc1cccc2c1CSCC[C@H]2O. The molecule has 3 heteroatoms. The number of hydrogen-bond acceptors (Lipinski definition) is 3. The zero-order valence-corrected chi connectivity index (χ0v) is 9.72. The van der Waals surface area contributed by atoms with Gasteiger partial charge in [-0.1, -0.05) is 12.1 Å². The summed E-state index contributed by atoms with van der Waals surface area (Å²) in [6.45, 7) is 2.66. The Bertz CT molecular complexity index is 338. The van der Waals surface area contributed by atoms with Gasteiger partial charge in [0.15, 0.2) is 0 Å². The lowest BCUT2D eigenvalue weighted by molar-refractivity contribution is 0.174. The summed E-state index contributed by atoms with van der Waals surface area (Å²) in [7, 11) is 0. The first-order valence-corrected chi connectivity index (χ1v) is 6.48. The first kappa shape index (κ1) is 10.8. The van der Waals surface area contributed by atoms with E-state index < -0.39 is 0 Å². The van der Waals surface area contributed by atoms with Gasteiger partial charge in [-0.2, -0.15) is 11.8 Å². The molecule has 1 aliphatic rings. The van der Waals surface area contributed by atoms with Gasteiger partial charge in [0, 0.05) is 11.3 Å². The highest BCUT2D eigenvalue weighted by atomic mass is 32.2. The van der Waals surface area contributed by atoms with Crippen molar-refractivity contribution in [3.63, 3.8) is 0 Å². The smallest absolute Gasteiger partial charge is 0.123 e. The molecular formula is C12H16O2S. The zero-order valence-electron chi connectivity index (χ0n) is 8.90. The lowest BCUT2D eigenvalue weighted by Crippen LogP contribution is -2.02. The standard InChI is InChI=1S/C12H16O2S/c1-2-14-12-5-3-4-9-10(12)8-15-7-6-11(9)13/h3-5,11,13H,2,6-8H2,1H3/t11-/m1/s1. The van der Waals surface area contributed by atoms with Gasteiger partial charge in [-0.05, 0) is 30.7 Å². The van der Waals surface area contributed by atoms with E-state index in [0.717, 1.165) is 29.2 Å². The third kappa shape index (κ3) is 2.29. The molecule has 1 aromatic rings. The molecule has 1 aliphatic heterocycles. The molecule has 1 N–H and O–H groups in total. The molecule has 0 saturated carbocycles. The Kier molecular flexibility index (Phi) is 3.54. The van der Waals surface area contributed by atoms with E-state index in [9.17, 15) is 5.11 Å². The van der Waals surface area contributed by atoms with Crippen molar-refractivity contribution in [1.82, 2.24) is 0 Å². The van der Waals surface area contributed by atoms with Gasteiger partial charge < -0.3 is 9.84 Å². The zero-order chi connectivity index (χ0) is 10.7. The third-order valence-corrected chi connectivity index (χ3v) is 3.63. The predicted octanol–water partition coefficient (Wildman–Crippen LogP) is 2.76. The number of fused-ring (bicyclic) bond motifs is 1. The fourth-order valence-electron chi connectivity index (χ4n) is 1.86. The fourth-order valence-corrected chi connectivity index (χ4v) is 2.91. The molecule has 0 spiro atoms. The topological polar surface area (TPSA) is 29.5 Å². The molecule has 0 aromatic heterocycles. The van der Waals surface area contributed by atoms with E-state index in [2.05, 4.69) is 0 Å². The van der Waals surface area contributed by atoms with Crippen molar-refractivity contribution < 1.29 is 9.84 Å². The number of hydrogen-bond donors (Lipinski definition) is 1.